The lowest BCUT2D eigenvalue weighted by Crippen LogP contribution is -2.41. The molecule has 9 nitrogen and oxygen atoms in total. The van der Waals surface area contributed by atoms with Crippen LogP contribution >= 0.6 is 12.4 Å². The summed E-state index contributed by atoms with van der Waals surface area (Å²) in [6, 6.07) is 4.30. The molecule has 1 aromatic rings. The van der Waals surface area contributed by atoms with Crippen LogP contribution in [0.5, 0.6) is 11.5 Å². The Balaban J connectivity index is 0.00000338. The monoisotopic (exact) mass is 387 g/mol. The van der Waals surface area contributed by atoms with E-state index in [1.54, 1.807) is 25.2 Å². The fraction of sp³-hybridized carbons (Fsp3) is 0.438. The molecular formula is C16H22ClN3O6. The molecule has 3 amide bonds. The van der Waals surface area contributed by atoms with Gasteiger partial charge in [0.25, 0.3) is 0 Å². The Kier molecular flexibility index (Phi) is 8.66. The third-order valence-electron chi connectivity index (χ3n) is 3.38. The van der Waals surface area contributed by atoms with E-state index in [-0.39, 0.29) is 31.9 Å². The summed E-state index contributed by atoms with van der Waals surface area (Å²) in [5.41, 5.74) is 0.466. The van der Waals surface area contributed by atoms with Crippen LogP contribution in [0.4, 0.5) is 10.5 Å². The van der Waals surface area contributed by atoms with Crippen molar-refractivity contribution in [1.29, 1.82) is 0 Å². The Morgan fingerprint density at radius 1 is 1.19 bits per heavy atom. The first kappa shape index (κ1) is 21.5. The second-order valence-corrected chi connectivity index (χ2v) is 5.60. The van der Waals surface area contributed by atoms with Gasteiger partial charge in [-0.25, -0.2) is 4.79 Å². The van der Waals surface area contributed by atoms with E-state index in [9.17, 15) is 14.4 Å². The number of imide groups is 1. The van der Waals surface area contributed by atoms with Crippen molar-refractivity contribution in [2.24, 2.45) is 0 Å². The number of fused-ring (bicyclic) bond motifs is 1. The molecule has 3 N–H and O–H groups in total. The average molecular weight is 388 g/mol. The van der Waals surface area contributed by atoms with Crippen LogP contribution in [0, 0.1) is 0 Å². The number of ether oxygens (including phenoxy) is 2. The summed E-state index contributed by atoms with van der Waals surface area (Å²) in [6.45, 7) is 1.24. The van der Waals surface area contributed by atoms with E-state index in [4.69, 9.17) is 14.6 Å². The predicted octanol–water partition coefficient (Wildman–Crippen LogP) is 1.32. The van der Waals surface area contributed by atoms with Gasteiger partial charge in [0, 0.05) is 24.7 Å². The van der Waals surface area contributed by atoms with Crippen LogP contribution in [-0.2, 0) is 9.59 Å². The zero-order valence-corrected chi connectivity index (χ0v) is 15.1. The number of benzene rings is 1. The number of carboxylic acids is 1. The van der Waals surface area contributed by atoms with Crippen LogP contribution in [0.15, 0.2) is 18.2 Å². The highest BCUT2D eigenvalue weighted by molar-refractivity contribution is 6.01. The number of hydrogen-bond acceptors (Lipinski definition) is 6. The summed E-state index contributed by atoms with van der Waals surface area (Å²) in [5, 5.41) is 13.3. The fourth-order valence-corrected chi connectivity index (χ4v) is 2.18. The van der Waals surface area contributed by atoms with Gasteiger partial charge in [0.2, 0.25) is 5.91 Å². The smallest absolute Gasteiger partial charge is 0.325 e. The molecule has 0 saturated heterocycles. The standard InChI is InChI=1S/C16H21N3O6.ClH/c1-19(6-5-15(21)22)10-14(20)18-16(23)17-11-3-4-12-13(9-11)25-8-2-7-24-12;/h3-4,9H,2,5-8,10H2,1H3,(H,21,22)(H2,17,18,20,23);1H. The number of urea groups is 1. The Bertz CT molecular complexity index is 655. The number of rotatable bonds is 6. The van der Waals surface area contributed by atoms with E-state index >= 15 is 0 Å². The maximum absolute atomic E-state index is 11.9. The van der Waals surface area contributed by atoms with Gasteiger partial charge in [-0.1, -0.05) is 0 Å². The van der Waals surface area contributed by atoms with Crippen molar-refractivity contribution < 1.29 is 29.0 Å². The van der Waals surface area contributed by atoms with Gasteiger partial charge in [-0.3, -0.25) is 19.8 Å². The van der Waals surface area contributed by atoms with E-state index in [1.807, 2.05) is 0 Å². The van der Waals surface area contributed by atoms with Crippen molar-refractivity contribution >= 4 is 36.0 Å². The van der Waals surface area contributed by atoms with Gasteiger partial charge < -0.3 is 19.9 Å². The zero-order chi connectivity index (χ0) is 18.2. The molecule has 0 bridgehead atoms. The molecule has 0 aromatic heterocycles. The van der Waals surface area contributed by atoms with Crippen LogP contribution in [-0.4, -0.2) is 61.3 Å². The summed E-state index contributed by atoms with van der Waals surface area (Å²) >= 11 is 0. The largest absolute Gasteiger partial charge is 0.490 e. The van der Waals surface area contributed by atoms with Crippen molar-refractivity contribution in [2.75, 3.05) is 38.7 Å². The second kappa shape index (κ2) is 10.5. The van der Waals surface area contributed by atoms with Crippen molar-refractivity contribution in [3.63, 3.8) is 0 Å². The summed E-state index contributed by atoms with van der Waals surface area (Å²) < 4.78 is 11.0. The number of anilines is 1. The van der Waals surface area contributed by atoms with Gasteiger partial charge in [-0.15, -0.1) is 12.4 Å². The lowest BCUT2D eigenvalue weighted by molar-refractivity contribution is -0.137. The molecule has 1 heterocycles. The first-order valence-electron chi connectivity index (χ1n) is 7.85. The number of likely N-dealkylation sites (N-methyl/N-ethyl adjacent to an activating group) is 1. The highest BCUT2D eigenvalue weighted by Gasteiger charge is 2.14. The van der Waals surface area contributed by atoms with E-state index in [2.05, 4.69) is 10.6 Å². The van der Waals surface area contributed by atoms with E-state index in [0.29, 0.717) is 30.4 Å². The van der Waals surface area contributed by atoms with Crippen molar-refractivity contribution in [3.8, 4) is 11.5 Å². The Labute approximate surface area is 157 Å². The molecule has 0 aliphatic carbocycles. The number of nitrogens with zero attached hydrogens (tertiary/aromatic N) is 1. The van der Waals surface area contributed by atoms with Crippen LogP contribution in [0.25, 0.3) is 0 Å². The molecule has 144 valence electrons. The summed E-state index contributed by atoms with van der Waals surface area (Å²) in [4.78, 5) is 35.7. The summed E-state index contributed by atoms with van der Waals surface area (Å²) in [5.74, 6) is -0.325. The van der Waals surface area contributed by atoms with Crippen LogP contribution < -0.4 is 20.1 Å². The lowest BCUT2D eigenvalue weighted by atomic mass is 10.3. The first-order valence-corrected chi connectivity index (χ1v) is 7.85. The topological polar surface area (TPSA) is 117 Å². The van der Waals surface area contributed by atoms with E-state index < -0.39 is 17.9 Å². The van der Waals surface area contributed by atoms with Crippen LogP contribution in [0.2, 0.25) is 0 Å². The number of carboxylic acid groups (broad SMARTS) is 1. The van der Waals surface area contributed by atoms with Crippen molar-refractivity contribution in [2.45, 2.75) is 12.8 Å². The Hall–Kier alpha value is -2.52. The molecule has 0 saturated carbocycles. The van der Waals surface area contributed by atoms with Gasteiger partial charge in [-0.2, -0.15) is 0 Å². The van der Waals surface area contributed by atoms with E-state index in [0.717, 1.165) is 6.42 Å². The Morgan fingerprint density at radius 3 is 2.58 bits per heavy atom. The average Bonchev–Trinajstić information content (AvgIpc) is 2.77. The quantitative estimate of drug-likeness (QED) is 0.673. The maximum Gasteiger partial charge on any atom is 0.325 e. The van der Waals surface area contributed by atoms with Crippen molar-refractivity contribution in [1.82, 2.24) is 10.2 Å². The molecular weight excluding hydrogens is 366 g/mol. The minimum absolute atomic E-state index is 0. The second-order valence-electron chi connectivity index (χ2n) is 5.60. The number of carbonyl (C=O) groups is 3. The van der Waals surface area contributed by atoms with Gasteiger partial charge >= 0.3 is 12.0 Å². The molecule has 0 spiro atoms. The van der Waals surface area contributed by atoms with Crippen LogP contribution in [0.3, 0.4) is 0 Å². The molecule has 26 heavy (non-hydrogen) atoms. The summed E-state index contributed by atoms with van der Waals surface area (Å²) in [6.07, 6.45) is 0.703. The molecule has 10 heteroatoms. The maximum atomic E-state index is 11.9. The molecule has 0 fully saturated rings. The fourth-order valence-electron chi connectivity index (χ4n) is 2.18. The first-order chi connectivity index (χ1) is 11.9. The SMILES string of the molecule is CN(CCC(=O)O)CC(=O)NC(=O)Nc1ccc2c(c1)OCCCO2.Cl. The zero-order valence-electron chi connectivity index (χ0n) is 14.3. The van der Waals surface area contributed by atoms with Crippen molar-refractivity contribution in [3.05, 3.63) is 18.2 Å². The number of halogens is 1. The molecule has 1 aromatic carbocycles. The number of hydrogen-bond donors (Lipinski definition) is 3. The van der Waals surface area contributed by atoms with Gasteiger partial charge in [0.1, 0.15) is 0 Å². The lowest BCUT2D eigenvalue weighted by Gasteiger charge is -2.15. The highest BCUT2D eigenvalue weighted by atomic mass is 35.5. The molecule has 0 radical (unpaired) electrons. The van der Waals surface area contributed by atoms with E-state index in [1.165, 1.54) is 4.90 Å². The third kappa shape index (κ3) is 7.16. The molecule has 1 aliphatic rings. The van der Waals surface area contributed by atoms with Gasteiger partial charge in [0.15, 0.2) is 11.5 Å². The third-order valence-corrected chi connectivity index (χ3v) is 3.38. The predicted molar refractivity (Wildman–Crippen MR) is 96.2 cm³/mol. The molecule has 1 aliphatic heterocycles. The number of aliphatic carboxylic acids is 1. The van der Waals surface area contributed by atoms with Gasteiger partial charge in [0.05, 0.1) is 26.2 Å². The normalized spacial score (nSPS) is 12.5. The number of carbonyl (C=O) groups excluding carboxylic acids is 2. The Morgan fingerprint density at radius 2 is 1.88 bits per heavy atom. The number of amides is 3. The number of nitrogens with one attached hydrogen (secondary N) is 2. The summed E-state index contributed by atoms with van der Waals surface area (Å²) in [7, 11) is 1.60. The minimum Gasteiger partial charge on any atom is -0.490 e. The van der Waals surface area contributed by atoms with Crippen LogP contribution in [0.1, 0.15) is 12.8 Å². The highest BCUT2D eigenvalue weighted by Crippen LogP contribution is 2.32. The molecule has 0 unspecified atom stereocenters. The molecule has 2 rings (SSSR count). The molecule has 0 atom stereocenters. The minimum atomic E-state index is -0.945. The van der Waals surface area contributed by atoms with Gasteiger partial charge in [-0.05, 0) is 19.2 Å².